The summed E-state index contributed by atoms with van der Waals surface area (Å²) in [6.07, 6.45) is 4.56. The third-order valence-electron chi connectivity index (χ3n) is 3.70. The lowest BCUT2D eigenvalue weighted by molar-refractivity contribution is -0.131. The number of hydrogen-bond acceptors (Lipinski definition) is 3. The van der Waals surface area contributed by atoms with Crippen molar-refractivity contribution in [3.8, 4) is 0 Å². The van der Waals surface area contributed by atoms with Crippen molar-refractivity contribution in [2.24, 2.45) is 5.41 Å². The van der Waals surface area contributed by atoms with Crippen molar-refractivity contribution in [2.45, 2.75) is 26.7 Å². The minimum Gasteiger partial charge on any atom is -0.478 e. The molecule has 1 aliphatic rings. The molecule has 0 atom stereocenters. The van der Waals surface area contributed by atoms with E-state index in [0.29, 0.717) is 15.9 Å². The molecule has 5 heteroatoms. The monoisotopic (exact) mass is 293 g/mol. The van der Waals surface area contributed by atoms with Crippen LogP contribution in [0.3, 0.4) is 0 Å². The molecule has 1 N–H and O–H groups in total. The molecule has 1 aromatic rings. The number of nitrogens with zero attached hydrogens (tertiary/aromatic N) is 1. The highest BCUT2D eigenvalue weighted by atomic mass is 32.1. The predicted octanol–water partition coefficient (Wildman–Crippen LogP) is 3.11. The number of carboxylic acid groups (broad SMARTS) is 1. The van der Waals surface area contributed by atoms with Gasteiger partial charge in [0.2, 0.25) is 0 Å². The Bertz CT molecular complexity index is 535. The van der Waals surface area contributed by atoms with Crippen LogP contribution in [0.5, 0.6) is 0 Å². The summed E-state index contributed by atoms with van der Waals surface area (Å²) in [5.41, 5.74) is 0.991. The number of piperidine rings is 1. The molecule has 1 saturated heterocycles. The highest BCUT2D eigenvalue weighted by molar-refractivity contribution is 7.12. The van der Waals surface area contributed by atoms with Gasteiger partial charge in [0.25, 0.3) is 5.91 Å². The fourth-order valence-electron chi connectivity index (χ4n) is 2.24. The molecule has 0 bridgehead atoms. The predicted molar refractivity (Wildman–Crippen MR) is 79.9 cm³/mol. The molecule has 0 spiro atoms. The van der Waals surface area contributed by atoms with Crippen LogP contribution in [0.1, 0.15) is 41.9 Å². The van der Waals surface area contributed by atoms with Gasteiger partial charge in [0.15, 0.2) is 0 Å². The van der Waals surface area contributed by atoms with Gasteiger partial charge in [-0.3, -0.25) is 4.79 Å². The Kier molecular flexibility index (Phi) is 4.28. The first-order chi connectivity index (χ1) is 9.39. The molecule has 1 amide bonds. The van der Waals surface area contributed by atoms with Gasteiger partial charge < -0.3 is 10.0 Å². The lowest BCUT2D eigenvalue weighted by atomic mass is 9.82. The average molecular weight is 293 g/mol. The van der Waals surface area contributed by atoms with E-state index in [1.54, 1.807) is 6.07 Å². The van der Waals surface area contributed by atoms with Gasteiger partial charge in [-0.1, -0.05) is 13.8 Å². The quantitative estimate of drug-likeness (QED) is 0.871. The Morgan fingerprint density at radius 3 is 2.60 bits per heavy atom. The van der Waals surface area contributed by atoms with Crippen LogP contribution in [0.15, 0.2) is 17.5 Å². The second-order valence-electron chi connectivity index (χ2n) is 5.83. The zero-order valence-corrected chi connectivity index (χ0v) is 12.6. The maximum absolute atomic E-state index is 12.5. The Morgan fingerprint density at radius 2 is 2.00 bits per heavy atom. The fourth-order valence-corrected chi connectivity index (χ4v) is 3.10. The van der Waals surface area contributed by atoms with E-state index in [9.17, 15) is 9.59 Å². The van der Waals surface area contributed by atoms with Crippen LogP contribution in [0.2, 0.25) is 0 Å². The normalized spacial score (nSPS) is 18.4. The van der Waals surface area contributed by atoms with Gasteiger partial charge in [-0.2, -0.15) is 0 Å². The number of thiophene rings is 1. The van der Waals surface area contributed by atoms with Crippen molar-refractivity contribution in [3.05, 3.63) is 28.0 Å². The molecule has 1 aliphatic heterocycles. The SMILES string of the molecule is CC1(C)CCN(C(=O)c2sccc2C=CC(=O)O)CC1. The van der Waals surface area contributed by atoms with Gasteiger partial charge in [-0.15, -0.1) is 11.3 Å². The first kappa shape index (κ1) is 14.8. The number of aliphatic carboxylic acids is 1. The van der Waals surface area contributed by atoms with Gasteiger partial charge in [0, 0.05) is 19.2 Å². The van der Waals surface area contributed by atoms with Crippen LogP contribution in [-0.4, -0.2) is 35.0 Å². The molecule has 2 heterocycles. The van der Waals surface area contributed by atoms with Gasteiger partial charge in [-0.05, 0) is 41.3 Å². The van der Waals surface area contributed by atoms with Crippen LogP contribution < -0.4 is 0 Å². The molecule has 1 fully saturated rings. The zero-order valence-electron chi connectivity index (χ0n) is 11.8. The number of carbonyl (C=O) groups excluding carboxylic acids is 1. The highest BCUT2D eigenvalue weighted by Crippen LogP contribution is 2.31. The van der Waals surface area contributed by atoms with Crippen LogP contribution in [0.4, 0.5) is 0 Å². The van der Waals surface area contributed by atoms with Crippen molar-refractivity contribution in [1.29, 1.82) is 0 Å². The maximum Gasteiger partial charge on any atom is 0.328 e. The average Bonchev–Trinajstić information content (AvgIpc) is 2.83. The molecule has 0 radical (unpaired) electrons. The van der Waals surface area contributed by atoms with Gasteiger partial charge in [0.05, 0.1) is 4.88 Å². The topological polar surface area (TPSA) is 57.6 Å². The van der Waals surface area contributed by atoms with Crippen molar-refractivity contribution >= 4 is 29.3 Å². The number of hydrogen-bond donors (Lipinski definition) is 1. The van der Waals surface area contributed by atoms with Gasteiger partial charge in [0.1, 0.15) is 0 Å². The number of rotatable bonds is 3. The van der Waals surface area contributed by atoms with E-state index in [-0.39, 0.29) is 5.91 Å². The summed E-state index contributed by atoms with van der Waals surface area (Å²) in [5, 5.41) is 10.5. The standard InChI is InChI=1S/C15H19NO3S/c1-15(2)6-8-16(9-7-15)14(19)13-11(5-10-20-13)3-4-12(17)18/h3-5,10H,6-9H2,1-2H3,(H,17,18). The molecule has 0 aliphatic carbocycles. The van der Waals surface area contributed by atoms with Gasteiger partial charge >= 0.3 is 5.97 Å². The van der Waals surface area contributed by atoms with E-state index in [1.807, 2.05) is 10.3 Å². The van der Waals surface area contributed by atoms with E-state index in [0.717, 1.165) is 32.0 Å². The molecule has 2 rings (SSSR count). The molecule has 4 nitrogen and oxygen atoms in total. The van der Waals surface area contributed by atoms with E-state index in [2.05, 4.69) is 13.8 Å². The summed E-state index contributed by atoms with van der Waals surface area (Å²) >= 11 is 1.37. The summed E-state index contributed by atoms with van der Waals surface area (Å²) in [7, 11) is 0. The lowest BCUT2D eigenvalue weighted by Crippen LogP contribution is -2.41. The lowest BCUT2D eigenvalue weighted by Gasteiger charge is -2.36. The number of carboxylic acids is 1. The van der Waals surface area contributed by atoms with E-state index in [4.69, 9.17) is 5.11 Å². The Morgan fingerprint density at radius 1 is 1.35 bits per heavy atom. The summed E-state index contributed by atoms with van der Waals surface area (Å²) in [4.78, 5) is 25.6. The first-order valence-electron chi connectivity index (χ1n) is 6.67. The minimum atomic E-state index is -1.01. The van der Waals surface area contributed by atoms with E-state index in [1.165, 1.54) is 17.4 Å². The molecule has 20 heavy (non-hydrogen) atoms. The Hall–Kier alpha value is -1.62. The third-order valence-corrected chi connectivity index (χ3v) is 4.62. The van der Waals surface area contributed by atoms with Crippen molar-refractivity contribution < 1.29 is 14.7 Å². The molecular formula is C15H19NO3S. The summed E-state index contributed by atoms with van der Waals surface area (Å²) < 4.78 is 0. The van der Waals surface area contributed by atoms with Crippen molar-refractivity contribution in [3.63, 3.8) is 0 Å². The fraction of sp³-hybridized carbons (Fsp3) is 0.467. The third kappa shape index (κ3) is 3.48. The van der Waals surface area contributed by atoms with Crippen molar-refractivity contribution in [1.82, 2.24) is 4.90 Å². The molecule has 108 valence electrons. The maximum atomic E-state index is 12.5. The molecular weight excluding hydrogens is 274 g/mol. The molecule has 0 saturated carbocycles. The molecule has 0 unspecified atom stereocenters. The second-order valence-corrected chi connectivity index (χ2v) is 6.75. The Balaban J connectivity index is 2.11. The summed E-state index contributed by atoms with van der Waals surface area (Å²) in [6.45, 7) is 5.99. The smallest absolute Gasteiger partial charge is 0.328 e. The van der Waals surface area contributed by atoms with E-state index >= 15 is 0 Å². The highest BCUT2D eigenvalue weighted by Gasteiger charge is 2.29. The van der Waals surface area contributed by atoms with Crippen LogP contribution in [0.25, 0.3) is 6.08 Å². The summed E-state index contributed by atoms with van der Waals surface area (Å²) in [5.74, 6) is -0.991. The van der Waals surface area contributed by atoms with E-state index < -0.39 is 5.97 Å². The zero-order chi connectivity index (χ0) is 14.8. The van der Waals surface area contributed by atoms with Crippen LogP contribution in [-0.2, 0) is 4.79 Å². The van der Waals surface area contributed by atoms with Crippen LogP contribution in [0, 0.1) is 5.41 Å². The van der Waals surface area contributed by atoms with Crippen molar-refractivity contribution in [2.75, 3.05) is 13.1 Å². The molecule has 1 aromatic heterocycles. The second kappa shape index (κ2) is 5.79. The first-order valence-corrected chi connectivity index (χ1v) is 7.55. The van der Waals surface area contributed by atoms with Crippen LogP contribution >= 0.6 is 11.3 Å². The molecule has 0 aromatic carbocycles. The number of carbonyl (C=O) groups is 2. The van der Waals surface area contributed by atoms with Gasteiger partial charge in [-0.25, -0.2) is 4.79 Å². The number of amides is 1. The number of likely N-dealkylation sites (tertiary alicyclic amines) is 1. The largest absolute Gasteiger partial charge is 0.478 e. The minimum absolute atomic E-state index is 0.0144. The Labute approximate surface area is 122 Å². The summed E-state index contributed by atoms with van der Waals surface area (Å²) in [6, 6.07) is 1.78.